The fourth-order valence-corrected chi connectivity index (χ4v) is 9.04. The Kier molecular flexibility index (Phi) is 7.55. The van der Waals surface area contributed by atoms with E-state index in [-0.39, 0.29) is 0 Å². The van der Waals surface area contributed by atoms with Gasteiger partial charge in [-0.1, -0.05) is 166 Å². The van der Waals surface area contributed by atoms with Crippen LogP contribution in [0.1, 0.15) is 60.1 Å². The molecule has 7 aromatic rings. The molecule has 51 heavy (non-hydrogen) atoms. The number of hydrogen-bond donors (Lipinski definition) is 1. The summed E-state index contributed by atoms with van der Waals surface area (Å²) in [6.45, 7) is 5.10. The highest BCUT2D eigenvalue weighted by atomic mass is 14.8. The van der Waals surface area contributed by atoms with Crippen LogP contribution in [0.2, 0.25) is 0 Å². The van der Waals surface area contributed by atoms with Crippen LogP contribution in [-0.2, 0) is 12.0 Å². The van der Waals surface area contributed by atoms with Gasteiger partial charge in [-0.05, 0) is 102 Å². The number of fused-ring (bicyclic) bond motifs is 12. The molecule has 0 fully saturated rings. The molecule has 0 bridgehead atoms. The molecule has 2 aliphatic carbocycles. The third kappa shape index (κ3) is 4.60. The van der Waals surface area contributed by atoms with Gasteiger partial charge in [0, 0.05) is 5.56 Å². The molecular formula is C49H40N2. The summed E-state index contributed by atoms with van der Waals surface area (Å²) in [5.74, 6) is 0.553. The normalized spacial score (nSPS) is 16.4. The molecule has 9 rings (SSSR count). The second-order valence-electron chi connectivity index (χ2n) is 13.7. The first kappa shape index (κ1) is 31.0. The molecule has 246 valence electrons. The van der Waals surface area contributed by atoms with Gasteiger partial charge in [0.05, 0.1) is 12.0 Å². The van der Waals surface area contributed by atoms with E-state index in [1.165, 1.54) is 66.1 Å². The maximum Gasteiger partial charge on any atom is 0.126 e. The van der Waals surface area contributed by atoms with Crippen molar-refractivity contribution in [3.05, 3.63) is 197 Å². The molecule has 0 aliphatic heterocycles. The molecule has 1 spiro atoms. The van der Waals surface area contributed by atoms with Gasteiger partial charge in [-0.15, -0.1) is 0 Å². The van der Waals surface area contributed by atoms with Crippen LogP contribution in [0, 0.1) is 0 Å². The van der Waals surface area contributed by atoms with E-state index in [1.807, 2.05) is 18.2 Å². The first-order valence-electron chi connectivity index (χ1n) is 18.2. The van der Waals surface area contributed by atoms with Crippen molar-refractivity contribution in [2.24, 2.45) is 10.7 Å². The first-order chi connectivity index (χ1) is 25.2. The molecule has 0 aromatic heterocycles. The summed E-state index contributed by atoms with van der Waals surface area (Å²) in [4.78, 5) is 4.87. The van der Waals surface area contributed by atoms with Gasteiger partial charge in [0.2, 0.25) is 0 Å². The fraction of sp³-hybridized carbons (Fsp3) is 0.122. The molecule has 0 saturated heterocycles. The lowest BCUT2D eigenvalue weighted by molar-refractivity contribution is 0.739. The highest BCUT2D eigenvalue weighted by Gasteiger charge is 2.53. The van der Waals surface area contributed by atoms with E-state index in [4.69, 9.17) is 10.7 Å². The van der Waals surface area contributed by atoms with Crippen LogP contribution >= 0.6 is 0 Å². The summed E-state index contributed by atoms with van der Waals surface area (Å²) >= 11 is 0. The Bertz CT molecular complexity index is 2590. The summed E-state index contributed by atoms with van der Waals surface area (Å²) in [5, 5.41) is 5.24. The molecule has 7 aromatic carbocycles. The van der Waals surface area contributed by atoms with Crippen LogP contribution in [0.3, 0.4) is 0 Å². The van der Waals surface area contributed by atoms with Crippen LogP contribution in [0.5, 0.6) is 0 Å². The highest BCUT2D eigenvalue weighted by Crippen LogP contribution is 2.65. The van der Waals surface area contributed by atoms with E-state index in [2.05, 4.69) is 153 Å². The van der Waals surface area contributed by atoms with Crippen LogP contribution in [0.25, 0.3) is 49.4 Å². The second kappa shape index (κ2) is 12.4. The number of nitrogens with two attached hydrogens (primary N) is 1. The van der Waals surface area contributed by atoms with Crippen molar-refractivity contribution in [1.82, 2.24) is 0 Å². The quantitative estimate of drug-likeness (QED) is 0.103. The average Bonchev–Trinajstić information content (AvgIpc) is 3.66. The first-order valence-corrected chi connectivity index (χ1v) is 18.2. The summed E-state index contributed by atoms with van der Waals surface area (Å²) in [6, 6.07) is 53.1. The number of amidine groups is 1. The smallest absolute Gasteiger partial charge is 0.126 e. The van der Waals surface area contributed by atoms with Crippen LogP contribution in [0.15, 0.2) is 168 Å². The third-order valence-electron chi connectivity index (χ3n) is 11.1. The van der Waals surface area contributed by atoms with E-state index in [1.54, 1.807) is 0 Å². The van der Waals surface area contributed by atoms with Crippen molar-refractivity contribution in [3.63, 3.8) is 0 Å². The van der Waals surface area contributed by atoms with Crippen LogP contribution in [0.4, 0.5) is 0 Å². The van der Waals surface area contributed by atoms with Crippen molar-refractivity contribution in [3.8, 4) is 22.3 Å². The van der Waals surface area contributed by atoms with E-state index in [9.17, 15) is 0 Å². The highest BCUT2D eigenvalue weighted by molar-refractivity contribution is 6.20. The van der Waals surface area contributed by atoms with E-state index in [0.29, 0.717) is 12.4 Å². The molecule has 0 saturated carbocycles. The van der Waals surface area contributed by atoms with Gasteiger partial charge in [0.1, 0.15) is 5.84 Å². The molecule has 1 atom stereocenters. The molecule has 0 heterocycles. The van der Waals surface area contributed by atoms with Crippen LogP contribution < -0.4 is 5.73 Å². The van der Waals surface area contributed by atoms with Crippen molar-refractivity contribution >= 4 is 33.0 Å². The van der Waals surface area contributed by atoms with E-state index < -0.39 is 5.41 Å². The van der Waals surface area contributed by atoms with Gasteiger partial charge < -0.3 is 5.73 Å². The van der Waals surface area contributed by atoms with E-state index >= 15 is 0 Å². The number of rotatable bonds is 7. The summed E-state index contributed by atoms with van der Waals surface area (Å²) in [7, 11) is 0. The summed E-state index contributed by atoms with van der Waals surface area (Å²) < 4.78 is 0. The lowest BCUT2D eigenvalue weighted by Crippen LogP contribution is -2.27. The topological polar surface area (TPSA) is 38.4 Å². The zero-order valence-corrected chi connectivity index (χ0v) is 29.2. The number of hydrogen-bond acceptors (Lipinski definition) is 1. The lowest BCUT2D eigenvalue weighted by Gasteiger charge is -2.34. The van der Waals surface area contributed by atoms with Gasteiger partial charge in [-0.2, -0.15) is 0 Å². The molecule has 2 heteroatoms. The fourth-order valence-electron chi connectivity index (χ4n) is 9.04. The third-order valence-corrected chi connectivity index (χ3v) is 11.1. The Labute approximate surface area is 300 Å². The molecule has 2 nitrogen and oxygen atoms in total. The average molecular weight is 657 g/mol. The lowest BCUT2D eigenvalue weighted by atomic mass is 9.67. The second-order valence-corrected chi connectivity index (χ2v) is 13.7. The molecule has 0 amide bonds. The van der Waals surface area contributed by atoms with E-state index in [0.717, 1.165) is 35.1 Å². The Morgan fingerprint density at radius 2 is 1.27 bits per heavy atom. The zero-order chi connectivity index (χ0) is 34.5. The predicted molar refractivity (Wildman–Crippen MR) is 216 cm³/mol. The molecule has 1 unspecified atom stereocenters. The largest absolute Gasteiger partial charge is 0.383 e. The Hall–Kier alpha value is -5.99. The Morgan fingerprint density at radius 1 is 0.627 bits per heavy atom. The van der Waals surface area contributed by atoms with Crippen molar-refractivity contribution in [2.45, 2.75) is 38.6 Å². The van der Waals surface area contributed by atoms with Crippen molar-refractivity contribution in [1.29, 1.82) is 0 Å². The number of allylic oxidation sites excluding steroid dienone is 4. The number of nitrogens with zero attached hydrogens (tertiary/aromatic N) is 1. The predicted octanol–water partition coefficient (Wildman–Crippen LogP) is 12.0. The minimum absolute atomic E-state index is 0.453. The molecule has 0 radical (unpaired) electrons. The molecule has 2 aliphatic rings. The van der Waals surface area contributed by atoms with Crippen molar-refractivity contribution in [2.75, 3.05) is 0 Å². The van der Waals surface area contributed by atoms with Gasteiger partial charge >= 0.3 is 0 Å². The SMILES string of the molecule is CC/C=C\C1=C(CC)C2(c3cc(-c4ccccc4/C(N)=N/Cc4ccccc4)ccc31)c1ccccc1-c1c2c2ccccc2c2ccccc12. The maximum atomic E-state index is 6.80. The van der Waals surface area contributed by atoms with Gasteiger partial charge in [0.25, 0.3) is 0 Å². The maximum absolute atomic E-state index is 6.80. The Morgan fingerprint density at radius 3 is 2.04 bits per heavy atom. The molecular weight excluding hydrogens is 617 g/mol. The van der Waals surface area contributed by atoms with Gasteiger partial charge in [-0.3, -0.25) is 4.99 Å². The summed E-state index contributed by atoms with van der Waals surface area (Å²) in [5.41, 5.74) is 21.6. The van der Waals surface area contributed by atoms with Crippen LogP contribution in [-0.4, -0.2) is 5.84 Å². The number of aliphatic imine (C=N–C) groups is 1. The van der Waals surface area contributed by atoms with Gasteiger partial charge in [-0.25, -0.2) is 0 Å². The Balaban J connectivity index is 1.36. The zero-order valence-electron chi connectivity index (χ0n) is 29.2. The molecule has 2 N–H and O–H groups in total. The van der Waals surface area contributed by atoms with Crippen molar-refractivity contribution < 1.29 is 0 Å². The summed E-state index contributed by atoms with van der Waals surface area (Å²) in [6.07, 6.45) is 6.62. The minimum Gasteiger partial charge on any atom is -0.383 e. The van der Waals surface area contributed by atoms with Gasteiger partial charge in [0.15, 0.2) is 0 Å². The minimum atomic E-state index is -0.453. The standard InChI is InChI=1S/C49H40N2/c1-3-5-19-37-38-29-28-33(34-20-9-14-25-41(34)48(50)51-31-32-17-7-6-8-18-32)30-45(38)49(43(37)4-2)44-27-16-15-26-42(44)46-39-23-12-10-21-35(39)36-22-11-13-24-40(36)47(46)49/h5-30H,3-4,31H2,1-2H3,(H2,50,51)/b19-5-. The monoisotopic (exact) mass is 656 g/mol. The number of benzene rings is 7.